The normalized spacial score (nSPS) is 12.7. The number of aliphatic hydroxyl groups is 1. The lowest BCUT2D eigenvalue weighted by atomic mass is 10.2. The summed E-state index contributed by atoms with van der Waals surface area (Å²) in [5, 5.41) is 20.7. The molecule has 0 fully saturated rings. The molecule has 15 heavy (non-hydrogen) atoms. The van der Waals surface area contributed by atoms with Gasteiger partial charge in [0.05, 0.1) is 6.10 Å². The molecule has 4 nitrogen and oxygen atoms in total. The van der Waals surface area contributed by atoms with Crippen LogP contribution < -0.4 is 5.32 Å². The van der Waals surface area contributed by atoms with Gasteiger partial charge in [0.15, 0.2) is 0 Å². The van der Waals surface area contributed by atoms with E-state index in [0.717, 1.165) is 45.2 Å². The zero-order valence-electron chi connectivity index (χ0n) is 9.54. The average molecular weight is 217 g/mol. The van der Waals surface area contributed by atoms with Crippen molar-refractivity contribution < 1.29 is 15.0 Å². The second-order valence-electron chi connectivity index (χ2n) is 3.95. The molecule has 0 aliphatic carbocycles. The first-order chi connectivity index (χ1) is 7.13. The summed E-state index contributed by atoms with van der Waals surface area (Å²) >= 11 is 0. The highest BCUT2D eigenvalue weighted by Gasteiger charge is 1.97. The molecule has 4 heteroatoms. The predicted molar refractivity (Wildman–Crippen MR) is 59.9 cm³/mol. The van der Waals surface area contributed by atoms with Crippen molar-refractivity contribution in [3.05, 3.63) is 0 Å². The highest BCUT2D eigenvalue weighted by atomic mass is 16.4. The molecule has 0 radical (unpaired) electrons. The summed E-state index contributed by atoms with van der Waals surface area (Å²) in [6.07, 6.45) is 4.67. The lowest BCUT2D eigenvalue weighted by molar-refractivity contribution is -0.137. The Hall–Kier alpha value is -0.610. The van der Waals surface area contributed by atoms with Crippen molar-refractivity contribution in [3.63, 3.8) is 0 Å². The number of carboxylic acids is 1. The molecule has 3 N–H and O–H groups in total. The molecular weight excluding hydrogens is 194 g/mol. The fourth-order valence-corrected chi connectivity index (χ4v) is 1.35. The van der Waals surface area contributed by atoms with Crippen molar-refractivity contribution in [1.29, 1.82) is 0 Å². The van der Waals surface area contributed by atoms with Gasteiger partial charge in [-0.2, -0.15) is 0 Å². The zero-order valence-corrected chi connectivity index (χ0v) is 9.54. The van der Waals surface area contributed by atoms with E-state index in [2.05, 4.69) is 5.32 Å². The van der Waals surface area contributed by atoms with Crippen LogP contribution in [0.5, 0.6) is 0 Å². The molecule has 0 bridgehead atoms. The summed E-state index contributed by atoms with van der Waals surface area (Å²) in [6, 6.07) is 0. The van der Waals surface area contributed by atoms with Gasteiger partial charge in [0, 0.05) is 6.42 Å². The minimum absolute atomic E-state index is 0.206. The molecule has 90 valence electrons. The fraction of sp³-hybridized carbons (Fsp3) is 0.909. The topological polar surface area (TPSA) is 69.6 Å². The van der Waals surface area contributed by atoms with E-state index in [1.165, 1.54) is 0 Å². The van der Waals surface area contributed by atoms with E-state index in [-0.39, 0.29) is 12.5 Å². The number of aliphatic carboxylic acids is 1. The lowest BCUT2D eigenvalue weighted by Crippen LogP contribution is -2.17. The standard InChI is InChI=1S/C11H23NO3/c1-10(13)6-5-9-12-8-4-2-3-7-11(14)15/h10,12-13H,2-9H2,1H3,(H,14,15). The molecule has 1 atom stereocenters. The van der Waals surface area contributed by atoms with Gasteiger partial charge in [0.2, 0.25) is 0 Å². The van der Waals surface area contributed by atoms with Crippen molar-refractivity contribution in [2.45, 2.75) is 51.6 Å². The number of unbranched alkanes of at least 4 members (excludes halogenated alkanes) is 2. The van der Waals surface area contributed by atoms with Gasteiger partial charge in [-0.05, 0) is 45.7 Å². The van der Waals surface area contributed by atoms with Gasteiger partial charge in [0.25, 0.3) is 0 Å². The van der Waals surface area contributed by atoms with Crippen molar-refractivity contribution in [1.82, 2.24) is 5.32 Å². The van der Waals surface area contributed by atoms with Crippen LogP contribution in [0.3, 0.4) is 0 Å². The largest absolute Gasteiger partial charge is 0.481 e. The highest BCUT2D eigenvalue weighted by Crippen LogP contribution is 1.99. The Bertz CT molecular complexity index is 160. The van der Waals surface area contributed by atoms with E-state index >= 15 is 0 Å². The Labute approximate surface area is 91.7 Å². The molecular formula is C11H23NO3. The number of carboxylic acid groups (broad SMARTS) is 1. The van der Waals surface area contributed by atoms with E-state index in [0.29, 0.717) is 0 Å². The van der Waals surface area contributed by atoms with Crippen LogP contribution in [0.2, 0.25) is 0 Å². The minimum Gasteiger partial charge on any atom is -0.481 e. The van der Waals surface area contributed by atoms with Crippen molar-refractivity contribution in [3.8, 4) is 0 Å². The number of hydrogen-bond acceptors (Lipinski definition) is 3. The first-order valence-electron chi connectivity index (χ1n) is 5.73. The summed E-state index contributed by atoms with van der Waals surface area (Å²) in [4.78, 5) is 10.2. The molecule has 0 rings (SSSR count). The Morgan fingerprint density at radius 3 is 2.47 bits per heavy atom. The van der Waals surface area contributed by atoms with Crippen LogP contribution in [0.25, 0.3) is 0 Å². The van der Waals surface area contributed by atoms with E-state index < -0.39 is 5.97 Å². The molecule has 0 amide bonds. The van der Waals surface area contributed by atoms with Crippen molar-refractivity contribution in [2.75, 3.05) is 13.1 Å². The van der Waals surface area contributed by atoms with E-state index in [1.807, 2.05) is 0 Å². The van der Waals surface area contributed by atoms with Crippen molar-refractivity contribution in [2.24, 2.45) is 0 Å². The summed E-state index contributed by atoms with van der Waals surface area (Å²) in [6.45, 7) is 3.68. The smallest absolute Gasteiger partial charge is 0.303 e. The molecule has 1 unspecified atom stereocenters. The van der Waals surface area contributed by atoms with Gasteiger partial charge in [-0.1, -0.05) is 6.42 Å². The van der Waals surface area contributed by atoms with Gasteiger partial charge >= 0.3 is 5.97 Å². The maximum Gasteiger partial charge on any atom is 0.303 e. The molecule has 0 heterocycles. The maximum atomic E-state index is 10.2. The van der Waals surface area contributed by atoms with Crippen molar-refractivity contribution >= 4 is 5.97 Å². The summed E-state index contributed by atoms with van der Waals surface area (Å²) in [5.74, 6) is -0.708. The molecule has 0 aliphatic heterocycles. The third-order valence-corrected chi connectivity index (χ3v) is 2.22. The number of rotatable bonds is 10. The third-order valence-electron chi connectivity index (χ3n) is 2.22. The van der Waals surface area contributed by atoms with Gasteiger partial charge < -0.3 is 15.5 Å². The molecule has 0 saturated heterocycles. The Morgan fingerprint density at radius 1 is 1.20 bits per heavy atom. The summed E-state index contributed by atoms with van der Waals surface area (Å²) in [5.41, 5.74) is 0. The van der Waals surface area contributed by atoms with E-state index in [4.69, 9.17) is 10.2 Å². The van der Waals surface area contributed by atoms with Gasteiger partial charge in [-0.15, -0.1) is 0 Å². The first-order valence-corrected chi connectivity index (χ1v) is 5.73. The summed E-state index contributed by atoms with van der Waals surface area (Å²) in [7, 11) is 0. The average Bonchev–Trinajstić information content (AvgIpc) is 2.14. The number of aliphatic hydroxyl groups excluding tert-OH is 1. The second-order valence-corrected chi connectivity index (χ2v) is 3.95. The maximum absolute atomic E-state index is 10.2. The quantitative estimate of drug-likeness (QED) is 0.484. The number of nitrogens with one attached hydrogen (secondary N) is 1. The molecule has 0 aromatic rings. The van der Waals surface area contributed by atoms with Crippen LogP contribution in [-0.4, -0.2) is 35.4 Å². The van der Waals surface area contributed by atoms with Crippen LogP contribution in [0.4, 0.5) is 0 Å². The van der Waals surface area contributed by atoms with E-state index in [1.54, 1.807) is 6.92 Å². The third kappa shape index (κ3) is 13.4. The monoisotopic (exact) mass is 217 g/mol. The molecule has 0 aromatic heterocycles. The second kappa shape index (κ2) is 9.93. The Morgan fingerprint density at radius 2 is 1.87 bits per heavy atom. The predicted octanol–water partition coefficient (Wildman–Crippen LogP) is 1.38. The molecule has 0 aromatic carbocycles. The molecule has 0 saturated carbocycles. The van der Waals surface area contributed by atoms with Gasteiger partial charge in [-0.25, -0.2) is 0 Å². The van der Waals surface area contributed by atoms with Crippen LogP contribution in [-0.2, 0) is 4.79 Å². The summed E-state index contributed by atoms with van der Waals surface area (Å²) < 4.78 is 0. The Balaban J connectivity index is 2.96. The van der Waals surface area contributed by atoms with Gasteiger partial charge in [0.1, 0.15) is 0 Å². The first kappa shape index (κ1) is 14.4. The fourth-order valence-electron chi connectivity index (χ4n) is 1.35. The minimum atomic E-state index is -0.708. The highest BCUT2D eigenvalue weighted by molar-refractivity contribution is 5.66. The molecule has 0 spiro atoms. The van der Waals surface area contributed by atoms with Gasteiger partial charge in [-0.3, -0.25) is 4.79 Å². The zero-order chi connectivity index (χ0) is 11.5. The van der Waals surface area contributed by atoms with Crippen LogP contribution in [0.15, 0.2) is 0 Å². The number of hydrogen-bond donors (Lipinski definition) is 3. The lowest BCUT2D eigenvalue weighted by Gasteiger charge is -2.05. The van der Waals surface area contributed by atoms with Crippen LogP contribution in [0.1, 0.15) is 45.4 Å². The SMILES string of the molecule is CC(O)CCCNCCCCCC(=O)O. The van der Waals surface area contributed by atoms with Crippen LogP contribution >= 0.6 is 0 Å². The molecule has 0 aliphatic rings. The Kier molecular flexibility index (Phi) is 9.52. The van der Waals surface area contributed by atoms with Crippen LogP contribution in [0, 0.1) is 0 Å². The van der Waals surface area contributed by atoms with E-state index in [9.17, 15) is 4.79 Å². The number of carbonyl (C=O) groups is 1.